The number of alkyl halides is 3. The number of hydrogen-bond donors (Lipinski definition) is 2. The zero-order valence-electron chi connectivity index (χ0n) is 13.7. The first-order valence-electron chi connectivity index (χ1n) is 8.08. The summed E-state index contributed by atoms with van der Waals surface area (Å²) in [6, 6.07) is 7.92. The first-order valence-corrected chi connectivity index (χ1v) is 8.08. The van der Waals surface area contributed by atoms with E-state index in [0.717, 1.165) is 31.7 Å². The molecule has 1 saturated carbocycles. The van der Waals surface area contributed by atoms with Gasteiger partial charge in [0, 0.05) is 23.9 Å². The Morgan fingerprint density at radius 1 is 1.12 bits per heavy atom. The molecule has 0 atom stereocenters. The fourth-order valence-corrected chi connectivity index (χ4v) is 2.82. The maximum Gasteiger partial charge on any atom is 0.433 e. The molecule has 0 saturated heterocycles. The van der Waals surface area contributed by atoms with Crippen molar-refractivity contribution in [3.8, 4) is 5.75 Å². The van der Waals surface area contributed by atoms with E-state index in [-0.39, 0.29) is 17.8 Å². The third-order valence-electron chi connectivity index (χ3n) is 4.05. The normalized spacial score (nSPS) is 15.2. The van der Waals surface area contributed by atoms with Gasteiger partial charge < -0.3 is 15.4 Å². The van der Waals surface area contributed by atoms with Gasteiger partial charge in [0.25, 0.3) is 0 Å². The van der Waals surface area contributed by atoms with Gasteiger partial charge in [0.2, 0.25) is 5.95 Å². The second-order valence-corrected chi connectivity index (χ2v) is 5.94. The molecule has 0 amide bonds. The van der Waals surface area contributed by atoms with Crippen LogP contribution < -0.4 is 15.4 Å². The molecule has 0 bridgehead atoms. The quantitative estimate of drug-likeness (QED) is 0.823. The monoisotopic (exact) mass is 352 g/mol. The van der Waals surface area contributed by atoms with Gasteiger partial charge in [-0.15, -0.1) is 0 Å². The summed E-state index contributed by atoms with van der Waals surface area (Å²) in [7, 11) is 1.52. The molecule has 5 nitrogen and oxygen atoms in total. The summed E-state index contributed by atoms with van der Waals surface area (Å²) in [4.78, 5) is 7.82. The van der Waals surface area contributed by atoms with Crippen molar-refractivity contribution < 1.29 is 17.9 Å². The van der Waals surface area contributed by atoms with Crippen LogP contribution in [0.5, 0.6) is 5.75 Å². The number of ether oxygens (including phenoxy) is 1. The molecule has 0 unspecified atom stereocenters. The topological polar surface area (TPSA) is 59.1 Å². The van der Waals surface area contributed by atoms with Crippen molar-refractivity contribution in [3.63, 3.8) is 0 Å². The minimum Gasteiger partial charge on any atom is -0.497 e. The van der Waals surface area contributed by atoms with Gasteiger partial charge in [0.05, 0.1) is 7.11 Å². The minimum atomic E-state index is -4.54. The number of methoxy groups -OCH3 is 1. The van der Waals surface area contributed by atoms with E-state index in [4.69, 9.17) is 4.74 Å². The van der Waals surface area contributed by atoms with Crippen molar-refractivity contribution in [3.05, 3.63) is 36.0 Å². The van der Waals surface area contributed by atoms with E-state index in [2.05, 4.69) is 20.6 Å². The zero-order chi connectivity index (χ0) is 17.9. The highest BCUT2D eigenvalue weighted by molar-refractivity contribution is 5.59. The average Bonchev–Trinajstić information content (AvgIpc) is 3.07. The standard InChI is InChI=1S/C17H19F3N4O/c1-25-13-8-4-7-12(9-13)21-15-10-14(17(18,19)20)23-16(24-15)22-11-5-2-3-6-11/h4,7-11H,2-3,5-6H2,1H3,(H2,21,22,23,24). The molecule has 2 aromatic rings. The Hall–Kier alpha value is -2.51. The van der Waals surface area contributed by atoms with Gasteiger partial charge in [0.15, 0.2) is 5.69 Å². The molecule has 0 spiro atoms. The highest BCUT2D eigenvalue weighted by Crippen LogP contribution is 2.31. The van der Waals surface area contributed by atoms with E-state index in [9.17, 15) is 13.2 Å². The van der Waals surface area contributed by atoms with Crippen molar-refractivity contribution in [2.24, 2.45) is 0 Å². The molecule has 1 aromatic heterocycles. The maximum absolute atomic E-state index is 13.2. The third-order valence-corrected chi connectivity index (χ3v) is 4.05. The van der Waals surface area contributed by atoms with Crippen LogP contribution in [-0.4, -0.2) is 23.1 Å². The number of aromatic nitrogens is 2. The predicted octanol–water partition coefficient (Wildman–Crippen LogP) is 4.60. The van der Waals surface area contributed by atoms with Gasteiger partial charge >= 0.3 is 6.18 Å². The molecule has 1 aliphatic carbocycles. The third kappa shape index (κ3) is 4.52. The summed E-state index contributed by atoms with van der Waals surface area (Å²) in [5, 5.41) is 5.90. The highest BCUT2D eigenvalue weighted by atomic mass is 19.4. The summed E-state index contributed by atoms with van der Waals surface area (Å²) in [5.74, 6) is 0.669. The number of halogens is 3. The van der Waals surface area contributed by atoms with Crippen LogP contribution in [0.25, 0.3) is 0 Å². The van der Waals surface area contributed by atoms with E-state index in [0.29, 0.717) is 11.4 Å². The number of nitrogens with zero attached hydrogens (tertiary/aromatic N) is 2. The molecule has 1 heterocycles. The average molecular weight is 352 g/mol. The number of rotatable bonds is 5. The van der Waals surface area contributed by atoms with Crippen molar-refractivity contribution in [2.45, 2.75) is 37.9 Å². The molecule has 1 fully saturated rings. The number of nitrogens with one attached hydrogen (secondary N) is 2. The Labute approximate surface area is 143 Å². The lowest BCUT2D eigenvalue weighted by molar-refractivity contribution is -0.141. The number of benzene rings is 1. The fraction of sp³-hybridized carbons (Fsp3) is 0.412. The van der Waals surface area contributed by atoms with Gasteiger partial charge in [0.1, 0.15) is 11.6 Å². The summed E-state index contributed by atoms with van der Waals surface area (Å²) in [6.45, 7) is 0. The van der Waals surface area contributed by atoms with E-state index < -0.39 is 11.9 Å². The summed E-state index contributed by atoms with van der Waals surface area (Å²) in [6.07, 6.45) is -0.590. The SMILES string of the molecule is COc1cccc(Nc2cc(C(F)(F)F)nc(NC3CCCC3)n2)c1. The molecule has 1 aliphatic rings. The van der Waals surface area contributed by atoms with Crippen LogP contribution in [-0.2, 0) is 6.18 Å². The van der Waals surface area contributed by atoms with E-state index >= 15 is 0 Å². The van der Waals surface area contributed by atoms with Crippen molar-refractivity contribution >= 4 is 17.5 Å². The Bertz CT molecular complexity index is 730. The van der Waals surface area contributed by atoms with Crippen LogP contribution in [0.15, 0.2) is 30.3 Å². The Morgan fingerprint density at radius 3 is 2.56 bits per heavy atom. The maximum atomic E-state index is 13.2. The summed E-state index contributed by atoms with van der Waals surface area (Å²) < 4.78 is 44.6. The summed E-state index contributed by atoms with van der Waals surface area (Å²) in [5.41, 5.74) is -0.397. The van der Waals surface area contributed by atoms with Gasteiger partial charge in [-0.05, 0) is 25.0 Å². The van der Waals surface area contributed by atoms with Crippen molar-refractivity contribution in [2.75, 3.05) is 17.7 Å². The first kappa shape index (κ1) is 17.3. The largest absolute Gasteiger partial charge is 0.497 e. The molecule has 1 aromatic carbocycles. The van der Waals surface area contributed by atoms with Crippen LogP contribution in [0, 0.1) is 0 Å². The Balaban J connectivity index is 1.88. The van der Waals surface area contributed by atoms with E-state index in [1.54, 1.807) is 24.3 Å². The predicted molar refractivity (Wildman–Crippen MR) is 89.2 cm³/mol. The van der Waals surface area contributed by atoms with Gasteiger partial charge in [-0.3, -0.25) is 0 Å². The highest BCUT2D eigenvalue weighted by Gasteiger charge is 2.34. The molecule has 25 heavy (non-hydrogen) atoms. The molecule has 0 aliphatic heterocycles. The lowest BCUT2D eigenvalue weighted by atomic mass is 10.2. The minimum absolute atomic E-state index is 0.00730. The molecule has 3 rings (SSSR count). The first-order chi connectivity index (χ1) is 11.9. The molecular weight excluding hydrogens is 333 g/mol. The molecular formula is C17H19F3N4O. The van der Waals surface area contributed by atoms with Crippen LogP contribution in [0.3, 0.4) is 0 Å². The van der Waals surface area contributed by atoms with Crippen LogP contribution in [0.4, 0.5) is 30.6 Å². The van der Waals surface area contributed by atoms with Crippen molar-refractivity contribution in [1.29, 1.82) is 0 Å². The van der Waals surface area contributed by atoms with Crippen LogP contribution >= 0.6 is 0 Å². The molecule has 2 N–H and O–H groups in total. The van der Waals surface area contributed by atoms with Gasteiger partial charge in [-0.1, -0.05) is 18.9 Å². The lowest BCUT2D eigenvalue weighted by Gasteiger charge is -2.16. The fourth-order valence-electron chi connectivity index (χ4n) is 2.82. The van der Waals surface area contributed by atoms with Crippen LogP contribution in [0.2, 0.25) is 0 Å². The lowest BCUT2D eigenvalue weighted by Crippen LogP contribution is -2.19. The van der Waals surface area contributed by atoms with Gasteiger partial charge in [-0.25, -0.2) is 4.98 Å². The molecule has 0 radical (unpaired) electrons. The molecule has 8 heteroatoms. The van der Waals surface area contributed by atoms with Crippen LogP contribution in [0.1, 0.15) is 31.4 Å². The Kier molecular flexibility index (Phi) is 4.96. The number of hydrogen-bond acceptors (Lipinski definition) is 5. The second kappa shape index (κ2) is 7.16. The van der Waals surface area contributed by atoms with Crippen molar-refractivity contribution in [1.82, 2.24) is 9.97 Å². The second-order valence-electron chi connectivity index (χ2n) is 5.94. The van der Waals surface area contributed by atoms with E-state index in [1.807, 2.05) is 0 Å². The van der Waals surface area contributed by atoms with Gasteiger partial charge in [-0.2, -0.15) is 18.2 Å². The smallest absolute Gasteiger partial charge is 0.433 e. The molecule has 134 valence electrons. The zero-order valence-corrected chi connectivity index (χ0v) is 13.7. The Morgan fingerprint density at radius 2 is 1.88 bits per heavy atom. The van der Waals surface area contributed by atoms with E-state index in [1.165, 1.54) is 7.11 Å². The summed E-state index contributed by atoms with van der Waals surface area (Å²) >= 11 is 0. The number of anilines is 3.